The molecule has 2 rings (SSSR count). The molecule has 1 saturated carbocycles. The van der Waals surface area contributed by atoms with Gasteiger partial charge in [-0.1, -0.05) is 17.7 Å². The van der Waals surface area contributed by atoms with Gasteiger partial charge in [0.2, 0.25) is 10.0 Å². The molecule has 0 amide bonds. The Balaban J connectivity index is 2.37. The van der Waals surface area contributed by atoms with Gasteiger partial charge < -0.3 is 5.11 Å². The van der Waals surface area contributed by atoms with Crippen molar-refractivity contribution in [3.63, 3.8) is 0 Å². The maximum absolute atomic E-state index is 12.1. The van der Waals surface area contributed by atoms with Gasteiger partial charge in [-0.2, -0.15) is 0 Å². The quantitative estimate of drug-likeness (QED) is 0.777. The van der Waals surface area contributed by atoms with Gasteiger partial charge in [0.25, 0.3) is 0 Å². The fourth-order valence-electron chi connectivity index (χ4n) is 2.79. The van der Waals surface area contributed by atoms with E-state index in [0.29, 0.717) is 11.3 Å². The molecule has 2 atom stereocenters. The van der Waals surface area contributed by atoms with E-state index in [4.69, 9.17) is 0 Å². The lowest BCUT2D eigenvalue weighted by Crippen LogP contribution is -2.39. The van der Waals surface area contributed by atoms with Crippen molar-refractivity contribution in [2.24, 2.45) is 5.92 Å². The first-order chi connectivity index (χ1) is 8.25. The molecule has 2 aliphatic rings. The van der Waals surface area contributed by atoms with Crippen LogP contribution in [0.15, 0.2) is 22.6 Å². The van der Waals surface area contributed by atoms with E-state index >= 15 is 0 Å². The molecular formula is C13H21NO3S. The van der Waals surface area contributed by atoms with E-state index in [-0.39, 0.29) is 5.92 Å². The first-order valence-corrected chi connectivity index (χ1v) is 7.74. The summed E-state index contributed by atoms with van der Waals surface area (Å²) >= 11 is 0. The lowest BCUT2D eigenvalue weighted by molar-refractivity contribution is 0.00750. The second-order valence-corrected chi connectivity index (χ2v) is 7.80. The zero-order valence-corrected chi connectivity index (χ0v) is 12.0. The first kappa shape index (κ1) is 13.8. The maximum Gasteiger partial charge on any atom is 0.238 e. The summed E-state index contributed by atoms with van der Waals surface area (Å²) in [5.74, 6) is -0.148. The van der Waals surface area contributed by atoms with Gasteiger partial charge in [-0.3, -0.25) is 0 Å². The van der Waals surface area contributed by atoms with Gasteiger partial charge >= 0.3 is 0 Å². The molecule has 0 unspecified atom stereocenters. The molecule has 2 aliphatic carbocycles. The number of sulfonamides is 1. The lowest BCUT2D eigenvalue weighted by Gasteiger charge is -2.39. The predicted octanol–water partition coefficient (Wildman–Crippen LogP) is 1.64. The summed E-state index contributed by atoms with van der Waals surface area (Å²) in [7, 11) is -0.290. The van der Waals surface area contributed by atoms with Gasteiger partial charge in [0.1, 0.15) is 0 Å². The van der Waals surface area contributed by atoms with Crippen LogP contribution in [0.4, 0.5) is 0 Å². The van der Waals surface area contributed by atoms with Gasteiger partial charge in [0, 0.05) is 26.4 Å². The van der Waals surface area contributed by atoms with Crippen LogP contribution in [0.25, 0.3) is 0 Å². The Bertz CT molecular complexity index is 500. The summed E-state index contributed by atoms with van der Waals surface area (Å²) in [6, 6.07) is 0. The molecule has 18 heavy (non-hydrogen) atoms. The zero-order valence-electron chi connectivity index (χ0n) is 11.2. The molecule has 0 radical (unpaired) electrons. The van der Waals surface area contributed by atoms with Gasteiger partial charge in [0.15, 0.2) is 0 Å². The summed E-state index contributed by atoms with van der Waals surface area (Å²) in [4.78, 5) is 0.406. The third-order valence-electron chi connectivity index (χ3n) is 3.95. The highest BCUT2D eigenvalue weighted by Crippen LogP contribution is 2.42. The van der Waals surface area contributed by atoms with Gasteiger partial charge in [-0.25, -0.2) is 12.7 Å². The summed E-state index contributed by atoms with van der Waals surface area (Å²) in [6.45, 7) is 1.80. The minimum absolute atomic E-state index is 0.148. The van der Waals surface area contributed by atoms with Gasteiger partial charge in [0.05, 0.1) is 10.5 Å². The Hall–Kier alpha value is -0.650. The molecule has 0 saturated heterocycles. The van der Waals surface area contributed by atoms with Crippen LogP contribution in [0.5, 0.6) is 0 Å². The molecule has 0 aromatic rings. The van der Waals surface area contributed by atoms with E-state index in [1.54, 1.807) is 13.0 Å². The molecule has 0 aliphatic heterocycles. The van der Waals surface area contributed by atoms with Crippen LogP contribution >= 0.6 is 0 Å². The fourth-order valence-corrected chi connectivity index (χ4v) is 3.86. The van der Waals surface area contributed by atoms with E-state index in [1.807, 2.05) is 6.08 Å². The molecule has 0 spiro atoms. The molecular weight excluding hydrogens is 250 g/mol. The lowest BCUT2D eigenvalue weighted by atomic mass is 9.71. The zero-order chi connectivity index (χ0) is 13.6. The van der Waals surface area contributed by atoms with E-state index < -0.39 is 15.6 Å². The van der Waals surface area contributed by atoms with Crippen LogP contribution in [0.1, 0.15) is 32.6 Å². The second-order valence-electron chi connectivity index (χ2n) is 5.59. The highest BCUT2D eigenvalue weighted by Gasteiger charge is 2.39. The Morgan fingerprint density at radius 3 is 2.72 bits per heavy atom. The summed E-state index contributed by atoms with van der Waals surface area (Å²) in [5.41, 5.74) is 0.362. The third kappa shape index (κ3) is 2.27. The van der Waals surface area contributed by atoms with Crippen molar-refractivity contribution in [2.45, 2.75) is 38.2 Å². The average molecular weight is 271 g/mol. The van der Waals surface area contributed by atoms with Crippen LogP contribution in [0.2, 0.25) is 0 Å². The molecule has 1 fully saturated rings. The molecule has 102 valence electrons. The SMILES string of the molecule is CN(C)S(=O)(=O)C1=C[C@H]2C(=CC1)CCC[C@]2(C)O. The normalized spacial score (nSPS) is 32.8. The minimum atomic E-state index is -3.36. The maximum atomic E-state index is 12.1. The van der Waals surface area contributed by atoms with Crippen molar-refractivity contribution < 1.29 is 13.5 Å². The Kier molecular flexibility index (Phi) is 3.42. The van der Waals surface area contributed by atoms with E-state index in [9.17, 15) is 13.5 Å². The van der Waals surface area contributed by atoms with Crippen molar-refractivity contribution >= 4 is 10.0 Å². The first-order valence-electron chi connectivity index (χ1n) is 6.30. The van der Waals surface area contributed by atoms with Crippen LogP contribution in [0, 0.1) is 5.92 Å². The predicted molar refractivity (Wildman–Crippen MR) is 71.4 cm³/mol. The number of fused-ring (bicyclic) bond motifs is 1. The molecule has 0 aromatic heterocycles. The highest BCUT2D eigenvalue weighted by atomic mass is 32.2. The average Bonchev–Trinajstić information content (AvgIpc) is 2.28. The van der Waals surface area contributed by atoms with Crippen LogP contribution in [-0.4, -0.2) is 37.5 Å². The van der Waals surface area contributed by atoms with Crippen LogP contribution < -0.4 is 0 Å². The molecule has 4 nitrogen and oxygen atoms in total. The van der Waals surface area contributed by atoms with Crippen molar-refractivity contribution in [3.05, 3.63) is 22.6 Å². The van der Waals surface area contributed by atoms with Crippen LogP contribution in [0.3, 0.4) is 0 Å². The van der Waals surface area contributed by atoms with Crippen molar-refractivity contribution in [3.8, 4) is 0 Å². The van der Waals surface area contributed by atoms with E-state index in [2.05, 4.69) is 0 Å². The Morgan fingerprint density at radius 1 is 1.44 bits per heavy atom. The molecule has 0 bridgehead atoms. The molecule has 5 heteroatoms. The number of allylic oxidation sites excluding steroid dienone is 2. The Labute approximate surface area is 109 Å². The monoisotopic (exact) mass is 271 g/mol. The van der Waals surface area contributed by atoms with Gasteiger partial charge in [-0.15, -0.1) is 0 Å². The highest BCUT2D eigenvalue weighted by molar-refractivity contribution is 7.93. The number of hydrogen-bond donors (Lipinski definition) is 1. The van der Waals surface area contributed by atoms with E-state index in [1.165, 1.54) is 24.0 Å². The summed E-state index contributed by atoms with van der Waals surface area (Å²) < 4.78 is 25.5. The van der Waals surface area contributed by atoms with E-state index in [0.717, 1.165) is 19.3 Å². The van der Waals surface area contributed by atoms with Crippen molar-refractivity contribution in [2.75, 3.05) is 14.1 Å². The number of nitrogens with zero attached hydrogens (tertiary/aromatic N) is 1. The molecule has 1 N–H and O–H groups in total. The largest absolute Gasteiger partial charge is 0.389 e. The third-order valence-corrected chi connectivity index (χ3v) is 5.87. The Morgan fingerprint density at radius 2 is 2.11 bits per heavy atom. The summed E-state index contributed by atoms with van der Waals surface area (Å²) in [6.07, 6.45) is 6.84. The number of hydrogen-bond acceptors (Lipinski definition) is 3. The van der Waals surface area contributed by atoms with Crippen molar-refractivity contribution in [1.29, 1.82) is 0 Å². The minimum Gasteiger partial charge on any atom is -0.389 e. The molecule has 0 aromatic carbocycles. The second kappa shape index (κ2) is 4.47. The molecule has 0 heterocycles. The number of aliphatic hydroxyl groups is 1. The smallest absolute Gasteiger partial charge is 0.238 e. The topological polar surface area (TPSA) is 57.6 Å². The standard InChI is InChI=1S/C13H21NO3S/c1-13(15)8-4-5-10-6-7-11(9-12(10)13)18(16,17)14(2)3/h6,9,12,15H,4-5,7-8H2,1-3H3/t12-,13-/m0/s1. The number of rotatable bonds is 2. The fraction of sp³-hybridized carbons (Fsp3) is 0.692. The van der Waals surface area contributed by atoms with Crippen LogP contribution in [-0.2, 0) is 10.0 Å². The summed E-state index contributed by atoms with van der Waals surface area (Å²) in [5, 5.41) is 10.4. The van der Waals surface area contributed by atoms with Gasteiger partial charge in [-0.05, 0) is 26.2 Å². The van der Waals surface area contributed by atoms with Crippen molar-refractivity contribution in [1.82, 2.24) is 4.31 Å².